The number of nitrogens with zero attached hydrogens (tertiary/aromatic N) is 1. The Balaban J connectivity index is 3.20. The summed E-state index contributed by atoms with van der Waals surface area (Å²) in [6.45, 7) is 0. The van der Waals surface area contributed by atoms with E-state index in [0.717, 1.165) is 12.1 Å². The van der Waals surface area contributed by atoms with E-state index >= 15 is 0 Å². The van der Waals surface area contributed by atoms with Crippen molar-refractivity contribution in [1.82, 2.24) is 0 Å². The number of nitro benzene ring substituents is 1. The molecular formula is C10H9Cl2F3N2O2. The van der Waals surface area contributed by atoms with E-state index in [9.17, 15) is 23.3 Å². The summed E-state index contributed by atoms with van der Waals surface area (Å²) in [5.74, 6) is 0.0234. The molecule has 0 unspecified atom stereocenters. The number of nitrogens with one attached hydrogen (secondary N) is 1. The van der Waals surface area contributed by atoms with Crippen molar-refractivity contribution in [1.29, 1.82) is 0 Å². The van der Waals surface area contributed by atoms with Crippen LogP contribution in [0.25, 0.3) is 0 Å². The summed E-state index contributed by atoms with van der Waals surface area (Å²) in [6, 6.07) is 1.89. The zero-order valence-electron chi connectivity index (χ0n) is 9.38. The molecule has 0 saturated heterocycles. The topological polar surface area (TPSA) is 55.2 Å². The largest absolute Gasteiger partial charge is 0.418 e. The lowest BCUT2D eigenvalue weighted by atomic mass is 10.1. The molecule has 0 heterocycles. The number of halogens is 5. The van der Waals surface area contributed by atoms with Gasteiger partial charge in [-0.15, -0.1) is 23.2 Å². The lowest BCUT2D eigenvalue weighted by Gasteiger charge is -2.18. The highest BCUT2D eigenvalue weighted by Crippen LogP contribution is 2.37. The van der Waals surface area contributed by atoms with Crippen LogP contribution in [0.2, 0.25) is 0 Å². The van der Waals surface area contributed by atoms with Crippen molar-refractivity contribution in [3.63, 3.8) is 0 Å². The molecular weight excluding hydrogens is 308 g/mol. The number of rotatable bonds is 5. The highest BCUT2D eigenvalue weighted by Gasteiger charge is 2.35. The zero-order valence-corrected chi connectivity index (χ0v) is 10.9. The summed E-state index contributed by atoms with van der Waals surface area (Å²) >= 11 is 11.1. The SMILES string of the molecule is O=[N+]([O-])c1ccc(NC(CCl)CCl)c(C(F)(F)F)c1. The van der Waals surface area contributed by atoms with Crippen molar-refractivity contribution < 1.29 is 18.1 Å². The zero-order chi connectivity index (χ0) is 14.6. The Morgan fingerprint density at radius 2 is 1.89 bits per heavy atom. The van der Waals surface area contributed by atoms with Crippen LogP contribution in [0, 0.1) is 10.1 Å². The number of non-ortho nitro benzene ring substituents is 1. The van der Waals surface area contributed by atoms with Crippen molar-refractivity contribution in [3.05, 3.63) is 33.9 Å². The van der Waals surface area contributed by atoms with Crippen LogP contribution < -0.4 is 5.32 Å². The molecule has 0 radical (unpaired) electrons. The molecule has 0 saturated carbocycles. The molecule has 1 N–H and O–H groups in total. The molecule has 0 aliphatic rings. The van der Waals surface area contributed by atoms with Crippen LogP contribution in [0.15, 0.2) is 18.2 Å². The molecule has 1 rings (SSSR count). The Morgan fingerprint density at radius 1 is 1.32 bits per heavy atom. The summed E-state index contributed by atoms with van der Waals surface area (Å²) in [7, 11) is 0. The van der Waals surface area contributed by atoms with Crippen molar-refractivity contribution in [2.75, 3.05) is 17.1 Å². The van der Waals surface area contributed by atoms with Gasteiger partial charge >= 0.3 is 6.18 Å². The van der Waals surface area contributed by atoms with E-state index in [1.165, 1.54) is 0 Å². The maximum Gasteiger partial charge on any atom is 0.418 e. The van der Waals surface area contributed by atoms with Crippen LogP contribution in [0.5, 0.6) is 0 Å². The fourth-order valence-corrected chi connectivity index (χ4v) is 1.83. The molecule has 0 atom stereocenters. The Bertz CT molecular complexity index is 465. The third kappa shape index (κ3) is 4.14. The Morgan fingerprint density at radius 3 is 2.32 bits per heavy atom. The number of anilines is 1. The quantitative estimate of drug-likeness (QED) is 0.509. The van der Waals surface area contributed by atoms with E-state index in [1.807, 2.05) is 0 Å². The lowest BCUT2D eigenvalue weighted by molar-refractivity contribution is -0.385. The van der Waals surface area contributed by atoms with Crippen molar-refractivity contribution >= 4 is 34.6 Å². The first-order valence-electron chi connectivity index (χ1n) is 5.03. The monoisotopic (exact) mass is 316 g/mol. The second-order valence-electron chi connectivity index (χ2n) is 3.63. The van der Waals surface area contributed by atoms with Gasteiger partial charge in [0.2, 0.25) is 0 Å². The molecule has 0 spiro atoms. The van der Waals surface area contributed by atoms with Crippen LogP contribution in [-0.4, -0.2) is 22.7 Å². The van der Waals surface area contributed by atoms with Gasteiger partial charge in [-0.25, -0.2) is 0 Å². The number of hydrogen-bond acceptors (Lipinski definition) is 3. The Hall–Kier alpha value is -1.21. The maximum absolute atomic E-state index is 12.8. The molecule has 0 fully saturated rings. The van der Waals surface area contributed by atoms with Gasteiger partial charge in [0.05, 0.1) is 16.5 Å². The van der Waals surface area contributed by atoms with Crippen molar-refractivity contribution in [3.8, 4) is 0 Å². The summed E-state index contributed by atoms with van der Waals surface area (Å²) in [4.78, 5) is 9.61. The van der Waals surface area contributed by atoms with Crippen LogP contribution in [0.4, 0.5) is 24.5 Å². The molecule has 106 valence electrons. The molecule has 1 aromatic rings. The van der Waals surface area contributed by atoms with Crippen LogP contribution >= 0.6 is 23.2 Å². The maximum atomic E-state index is 12.8. The highest BCUT2D eigenvalue weighted by atomic mass is 35.5. The molecule has 0 aliphatic carbocycles. The number of benzene rings is 1. The van der Waals surface area contributed by atoms with E-state index < -0.39 is 28.4 Å². The average molecular weight is 317 g/mol. The lowest BCUT2D eigenvalue weighted by Crippen LogP contribution is -2.25. The van der Waals surface area contributed by atoms with Gasteiger partial charge in [0, 0.05) is 29.6 Å². The third-order valence-corrected chi connectivity index (χ3v) is 3.00. The molecule has 9 heteroatoms. The number of alkyl halides is 5. The average Bonchev–Trinajstić information content (AvgIpc) is 2.34. The van der Waals surface area contributed by atoms with E-state index in [1.54, 1.807) is 0 Å². The van der Waals surface area contributed by atoms with E-state index in [-0.39, 0.29) is 17.4 Å². The predicted octanol–water partition coefficient (Wildman–Crippen LogP) is 3.87. The summed E-state index contributed by atoms with van der Waals surface area (Å²) in [6.07, 6.45) is -4.71. The minimum Gasteiger partial charge on any atom is -0.379 e. The first kappa shape index (κ1) is 15.8. The first-order valence-corrected chi connectivity index (χ1v) is 6.10. The van der Waals surface area contributed by atoms with Crippen LogP contribution in [0.3, 0.4) is 0 Å². The van der Waals surface area contributed by atoms with Crippen molar-refractivity contribution in [2.24, 2.45) is 0 Å². The van der Waals surface area contributed by atoms with Gasteiger partial charge in [0.1, 0.15) is 0 Å². The van der Waals surface area contributed by atoms with Gasteiger partial charge in [-0.3, -0.25) is 10.1 Å². The van der Waals surface area contributed by atoms with E-state index in [4.69, 9.17) is 23.2 Å². The van der Waals surface area contributed by atoms with Crippen LogP contribution in [0.1, 0.15) is 5.56 Å². The molecule has 0 amide bonds. The van der Waals surface area contributed by atoms with Gasteiger partial charge in [0.25, 0.3) is 5.69 Å². The van der Waals surface area contributed by atoms with Gasteiger partial charge in [-0.1, -0.05) is 0 Å². The Labute approximate surface area is 116 Å². The van der Waals surface area contributed by atoms with Gasteiger partial charge < -0.3 is 5.32 Å². The molecule has 0 aliphatic heterocycles. The molecule has 19 heavy (non-hydrogen) atoms. The minimum absolute atomic E-state index is 0.0117. The minimum atomic E-state index is -4.71. The predicted molar refractivity (Wildman–Crippen MR) is 66.9 cm³/mol. The van der Waals surface area contributed by atoms with Gasteiger partial charge in [-0.05, 0) is 6.07 Å². The van der Waals surface area contributed by atoms with Gasteiger partial charge in [-0.2, -0.15) is 13.2 Å². The summed E-state index contributed by atoms with van der Waals surface area (Å²) < 4.78 is 38.5. The third-order valence-electron chi connectivity index (χ3n) is 2.25. The fraction of sp³-hybridized carbons (Fsp3) is 0.400. The highest BCUT2D eigenvalue weighted by molar-refractivity contribution is 6.21. The first-order chi connectivity index (χ1) is 8.79. The number of nitro groups is 1. The second kappa shape index (κ2) is 6.29. The van der Waals surface area contributed by atoms with Crippen LogP contribution in [-0.2, 0) is 6.18 Å². The van der Waals surface area contributed by atoms with Crippen molar-refractivity contribution in [2.45, 2.75) is 12.2 Å². The fourth-order valence-electron chi connectivity index (χ4n) is 1.34. The molecule has 4 nitrogen and oxygen atoms in total. The number of hydrogen-bond donors (Lipinski definition) is 1. The van der Waals surface area contributed by atoms with E-state index in [2.05, 4.69) is 5.32 Å². The van der Waals surface area contributed by atoms with Gasteiger partial charge in [0.15, 0.2) is 0 Å². The molecule has 1 aromatic carbocycles. The smallest absolute Gasteiger partial charge is 0.379 e. The molecule has 0 bridgehead atoms. The Kier molecular flexibility index (Phi) is 5.25. The summed E-state index contributed by atoms with van der Waals surface area (Å²) in [5, 5.41) is 13.0. The second-order valence-corrected chi connectivity index (χ2v) is 4.25. The molecule has 0 aromatic heterocycles. The summed E-state index contributed by atoms with van der Waals surface area (Å²) in [5.41, 5.74) is -2.04. The normalized spacial score (nSPS) is 11.7. The standard InChI is InChI=1S/C10H9Cl2F3N2O2/c11-4-6(5-12)16-9-2-1-7(17(18)19)3-8(9)10(13,14)15/h1-3,6,16H,4-5H2. The van der Waals surface area contributed by atoms with E-state index in [0.29, 0.717) is 6.07 Å².